The van der Waals surface area contributed by atoms with E-state index in [4.69, 9.17) is 0 Å². The predicted molar refractivity (Wildman–Crippen MR) is 85.2 cm³/mol. The molecule has 20 heavy (non-hydrogen) atoms. The lowest BCUT2D eigenvalue weighted by atomic mass is 10.1. The second kappa shape index (κ2) is 6.04. The van der Waals surface area contributed by atoms with Gasteiger partial charge in [0.25, 0.3) is 0 Å². The van der Waals surface area contributed by atoms with Crippen LogP contribution in [0.4, 0.5) is 11.4 Å². The highest BCUT2D eigenvalue weighted by Crippen LogP contribution is 2.22. The topological polar surface area (TPSA) is 20.2 Å². The molecule has 3 heteroatoms. The predicted octanol–water partition coefficient (Wildman–Crippen LogP) is 3.63. The third-order valence-corrected chi connectivity index (χ3v) is 4.11. The van der Waals surface area contributed by atoms with Crippen molar-refractivity contribution in [3.8, 4) is 0 Å². The first-order valence-corrected chi connectivity index (χ1v) is 7.52. The highest BCUT2D eigenvalue weighted by molar-refractivity contribution is 5.55. The van der Waals surface area contributed by atoms with E-state index in [0.717, 1.165) is 6.54 Å². The Morgan fingerprint density at radius 1 is 1.00 bits per heavy atom. The quantitative estimate of drug-likeness (QED) is 0.914. The van der Waals surface area contributed by atoms with Crippen LogP contribution in [0.15, 0.2) is 42.6 Å². The summed E-state index contributed by atoms with van der Waals surface area (Å²) in [7, 11) is 2.08. The SMILES string of the molecule is Cn1cccc1CNc1ccc(N2CCCCC2)cc1. The molecule has 1 aromatic carbocycles. The minimum absolute atomic E-state index is 0.868. The molecule has 2 aromatic rings. The molecule has 106 valence electrons. The molecule has 1 aliphatic rings. The number of hydrogen-bond acceptors (Lipinski definition) is 2. The molecule has 0 amide bonds. The first-order valence-electron chi connectivity index (χ1n) is 7.52. The number of benzene rings is 1. The van der Waals surface area contributed by atoms with Crippen LogP contribution in [0, 0.1) is 0 Å². The van der Waals surface area contributed by atoms with Gasteiger partial charge in [-0.3, -0.25) is 0 Å². The number of nitrogens with zero attached hydrogens (tertiary/aromatic N) is 2. The van der Waals surface area contributed by atoms with E-state index >= 15 is 0 Å². The number of piperidine rings is 1. The van der Waals surface area contributed by atoms with Crippen LogP contribution in [0.1, 0.15) is 25.0 Å². The Morgan fingerprint density at radius 2 is 1.75 bits per heavy atom. The average molecular weight is 269 g/mol. The Bertz CT molecular complexity index is 536. The van der Waals surface area contributed by atoms with Crippen molar-refractivity contribution >= 4 is 11.4 Å². The number of nitrogens with one attached hydrogen (secondary N) is 1. The van der Waals surface area contributed by atoms with Crippen LogP contribution in [-0.4, -0.2) is 17.7 Å². The lowest BCUT2D eigenvalue weighted by Gasteiger charge is -2.28. The van der Waals surface area contributed by atoms with Crippen LogP contribution < -0.4 is 10.2 Å². The van der Waals surface area contributed by atoms with E-state index in [9.17, 15) is 0 Å². The molecule has 0 radical (unpaired) electrons. The second-order valence-electron chi connectivity index (χ2n) is 5.56. The van der Waals surface area contributed by atoms with Crippen molar-refractivity contribution in [1.29, 1.82) is 0 Å². The number of aryl methyl sites for hydroxylation is 1. The lowest BCUT2D eigenvalue weighted by Crippen LogP contribution is -2.29. The largest absolute Gasteiger partial charge is 0.379 e. The maximum atomic E-state index is 3.48. The zero-order valence-corrected chi connectivity index (χ0v) is 12.2. The van der Waals surface area contributed by atoms with Gasteiger partial charge in [-0.1, -0.05) is 0 Å². The monoisotopic (exact) mass is 269 g/mol. The van der Waals surface area contributed by atoms with Gasteiger partial charge in [0.2, 0.25) is 0 Å². The fourth-order valence-corrected chi connectivity index (χ4v) is 2.81. The van der Waals surface area contributed by atoms with Gasteiger partial charge < -0.3 is 14.8 Å². The van der Waals surface area contributed by atoms with Gasteiger partial charge in [-0.2, -0.15) is 0 Å². The van der Waals surface area contributed by atoms with Crippen LogP contribution in [0.3, 0.4) is 0 Å². The molecule has 0 bridgehead atoms. The van der Waals surface area contributed by atoms with Gasteiger partial charge in [0, 0.05) is 43.4 Å². The fourth-order valence-electron chi connectivity index (χ4n) is 2.81. The molecule has 0 saturated carbocycles. The summed E-state index contributed by atoms with van der Waals surface area (Å²) in [5.41, 5.74) is 3.84. The molecule has 0 spiro atoms. The number of hydrogen-bond donors (Lipinski definition) is 1. The lowest BCUT2D eigenvalue weighted by molar-refractivity contribution is 0.578. The summed E-state index contributed by atoms with van der Waals surface area (Å²) in [5.74, 6) is 0. The average Bonchev–Trinajstić information content (AvgIpc) is 2.92. The number of rotatable bonds is 4. The maximum Gasteiger partial charge on any atom is 0.0553 e. The normalized spacial score (nSPS) is 15.3. The van der Waals surface area contributed by atoms with Crippen molar-refractivity contribution in [3.05, 3.63) is 48.3 Å². The van der Waals surface area contributed by atoms with Crippen molar-refractivity contribution in [3.63, 3.8) is 0 Å². The van der Waals surface area contributed by atoms with Crippen LogP contribution in [0.5, 0.6) is 0 Å². The van der Waals surface area contributed by atoms with Gasteiger partial charge in [-0.15, -0.1) is 0 Å². The Kier molecular flexibility index (Phi) is 3.95. The van der Waals surface area contributed by atoms with Gasteiger partial charge in [-0.25, -0.2) is 0 Å². The van der Waals surface area contributed by atoms with E-state index < -0.39 is 0 Å². The minimum atomic E-state index is 0.868. The third kappa shape index (κ3) is 2.98. The second-order valence-corrected chi connectivity index (χ2v) is 5.56. The summed E-state index contributed by atoms with van der Waals surface area (Å²) >= 11 is 0. The smallest absolute Gasteiger partial charge is 0.0553 e. The summed E-state index contributed by atoms with van der Waals surface area (Å²) in [4.78, 5) is 2.49. The Hall–Kier alpha value is -1.90. The summed E-state index contributed by atoms with van der Waals surface area (Å²) < 4.78 is 2.15. The zero-order valence-electron chi connectivity index (χ0n) is 12.2. The maximum absolute atomic E-state index is 3.48. The first-order chi connectivity index (χ1) is 9.83. The molecule has 1 saturated heterocycles. The highest BCUT2D eigenvalue weighted by Gasteiger charge is 2.10. The summed E-state index contributed by atoms with van der Waals surface area (Å²) in [6.07, 6.45) is 6.12. The molecule has 0 unspecified atom stereocenters. The van der Waals surface area contributed by atoms with Gasteiger partial charge >= 0.3 is 0 Å². The molecule has 1 fully saturated rings. The first kappa shape index (κ1) is 13.1. The van der Waals surface area contributed by atoms with Gasteiger partial charge in [-0.05, 0) is 55.7 Å². The van der Waals surface area contributed by atoms with E-state index in [-0.39, 0.29) is 0 Å². The number of aromatic nitrogens is 1. The summed E-state index contributed by atoms with van der Waals surface area (Å²) in [5, 5.41) is 3.48. The Morgan fingerprint density at radius 3 is 2.40 bits per heavy atom. The molecule has 0 aliphatic carbocycles. The highest BCUT2D eigenvalue weighted by atomic mass is 15.1. The van der Waals surface area contributed by atoms with Crippen molar-refractivity contribution in [1.82, 2.24) is 4.57 Å². The van der Waals surface area contributed by atoms with Gasteiger partial charge in [0.15, 0.2) is 0 Å². The van der Waals surface area contributed by atoms with E-state index in [2.05, 4.69) is 64.4 Å². The summed E-state index contributed by atoms with van der Waals surface area (Å²) in [6.45, 7) is 3.28. The van der Waals surface area contributed by atoms with E-state index in [1.807, 2.05) is 0 Å². The molecule has 1 aliphatic heterocycles. The number of anilines is 2. The fraction of sp³-hybridized carbons (Fsp3) is 0.412. The Labute approximate surface area is 121 Å². The van der Waals surface area contributed by atoms with Crippen LogP contribution >= 0.6 is 0 Å². The molecule has 1 N–H and O–H groups in total. The van der Waals surface area contributed by atoms with E-state index in [0.29, 0.717) is 0 Å². The standard InChI is InChI=1S/C17H23N3/c1-19-11-5-6-17(19)14-18-15-7-9-16(10-8-15)20-12-3-2-4-13-20/h5-11,18H,2-4,12-14H2,1H3. The van der Waals surface area contributed by atoms with Gasteiger partial charge in [0.05, 0.1) is 6.54 Å². The zero-order chi connectivity index (χ0) is 13.8. The van der Waals surface area contributed by atoms with Crippen LogP contribution in [0.25, 0.3) is 0 Å². The van der Waals surface area contributed by atoms with Crippen molar-refractivity contribution in [2.45, 2.75) is 25.8 Å². The molecule has 3 nitrogen and oxygen atoms in total. The van der Waals surface area contributed by atoms with Crippen molar-refractivity contribution < 1.29 is 0 Å². The molecular weight excluding hydrogens is 246 g/mol. The third-order valence-electron chi connectivity index (χ3n) is 4.11. The molecule has 0 atom stereocenters. The minimum Gasteiger partial charge on any atom is -0.379 e. The molecule has 1 aromatic heterocycles. The molecular formula is C17H23N3. The van der Waals surface area contributed by atoms with E-state index in [1.165, 1.54) is 49.4 Å². The molecule has 3 rings (SSSR count). The van der Waals surface area contributed by atoms with Crippen molar-refractivity contribution in [2.24, 2.45) is 7.05 Å². The Balaban J connectivity index is 1.59. The van der Waals surface area contributed by atoms with Gasteiger partial charge in [0.1, 0.15) is 0 Å². The van der Waals surface area contributed by atoms with E-state index in [1.54, 1.807) is 0 Å². The summed E-state index contributed by atoms with van der Waals surface area (Å²) in [6, 6.07) is 13.1. The molecule has 2 heterocycles. The van der Waals surface area contributed by atoms with Crippen molar-refractivity contribution in [2.75, 3.05) is 23.3 Å². The van der Waals surface area contributed by atoms with Crippen LogP contribution in [-0.2, 0) is 13.6 Å². The van der Waals surface area contributed by atoms with Crippen LogP contribution in [0.2, 0.25) is 0 Å².